The Morgan fingerprint density at radius 1 is 0.704 bits per heavy atom. The molecule has 1 aliphatic rings. The smallest absolute Gasteiger partial charge is 0.159 e. The maximum absolute atomic E-state index is 4.98. The molecule has 0 amide bonds. The molecule has 0 fully saturated rings. The minimum atomic E-state index is -0.195. The highest BCUT2D eigenvalue weighted by atomic mass is 14.9. The number of nitrogens with zero attached hydrogens (tertiary/aromatic N) is 3. The van der Waals surface area contributed by atoms with Gasteiger partial charge in [-0.25, -0.2) is 15.0 Å². The molecule has 0 bridgehead atoms. The first-order valence-corrected chi connectivity index (χ1v) is 9.15. The molecular formula is C24H19N3. The molecule has 5 rings (SSSR count). The minimum Gasteiger partial charge on any atom is -0.247 e. The molecular weight excluding hydrogens is 330 g/mol. The molecule has 0 spiro atoms. The van der Waals surface area contributed by atoms with Gasteiger partial charge in [-0.05, 0) is 11.6 Å². The van der Waals surface area contributed by atoms with Gasteiger partial charge < -0.3 is 0 Å². The third-order valence-corrected chi connectivity index (χ3v) is 5.31. The van der Waals surface area contributed by atoms with E-state index in [4.69, 9.17) is 9.97 Å². The van der Waals surface area contributed by atoms with Crippen LogP contribution in [0.2, 0.25) is 0 Å². The summed E-state index contributed by atoms with van der Waals surface area (Å²) in [7, 11) is 0. The molecule has 0 radical (unpaired) electrons. The van der Waals surface area contributed by atoms with Crippen LogP contribution in [0, 0.1) is 0 Å². The molecule has 0 saturated carbocycles. The van der Waals surface area contributed by atoms with E-state index >= 15 is 0 Å². The number of hydrogen-bond acceptors (Lipinski definition) is 3. The Labute approximate surface area is 158 Å². The molecule has 0 N–H and O–H groups in total. The second-order valence-corrected chi connectivity index (χ2v) is 7.41. The maximum Gasteiger partial charge on any atom is 0.159 e. The lowest BCUT2D eigenvalue weighted by molar-refractivity contribution is 0.635. The fourth-order valence-corrected chi connectivity index (χ4v) is 3.82. The van der Waals surface area contributed by atoms with Crippen LogP contribution in [0.25, 0.3) is 33.9 Å². The van der Waals surface area contributed by atoms with Crippen LogP contribution in [0.4, 0.5) is 0 Å². The summed E-state index contributed by atoms with van der Waals surface area (Å²) in [4.78, 5) is 14.6. The van der Waals surface area contributed by atoms with Crippen molar-refractivity contribution >= 4 is 0 Å². The maximum atomic E-state index is 4.98. The van der Waals surface area contributed by atoms with Crippen molar-refractivity contribution in [1.29, 1.82) is 0 Å². The van der Waals surface area contributed by atoms with Crippen molar-refractivity contribution in [2.45, 2.75) is 19.3 Å². The van der Waals surface area contributed by atoms with E-state index in [-0.39, 0.29) is 5.41 Å². The number of pyridine rings is 1. The van der Waals surface area contributed by atoms with Crippen LogP contribution < -0.4 is 0 Å². The van der Waals surface area contributed by atoms with E-state index in [0.29, 0.717) is 0 Å². The summed E-state index contributed by atoms with van der Waals surface area (Å²) in [5.74, 6) is 0.763. The lowest BCUT2D eigenvalue weighted by Crippen LogP contribution is -2.17. The molecule has 0 saturated heterocycles. The first-order chi connectivity index (χ1) is 13.1. The van der Waals surface area contributed by atoms with Crippen molar-refractivity contribution < 1.29 is 0 Å². The summed E-state index contributed by atoms with van der Waals surface area (Å²) in [5.41, 5.74) is 7.21. The monoisotopic (exact) mass is 349 g/mol. The van der Waals surface area contributed by atoms with E-state index in [1.807, 2.05) is 54.7 Å². The number of benzene rings is 2. The Morgan fingerprint density at radius 2 is 1.37 bits per heavy atom. The number of fused-ring (bicyclic) bond motifs is 3. The van der Waals surface area contributed by atoms with Gasteiger partial charge in [0.15, 0.2) is 5.82 Å². The Hall–Kier alpha value is -3.33. The summed E-state index contributed by atoms with van der Waals surface area (Å²) in [5, 5.41) is 0. The Morgan fingerprint density at radius 3 is 2.07 bits per heavy atom. The van der Waals surface area contributed by atoms with E-state index in [1.165, 1.54) is 5.56 Å². The zero-order valence-electron chi connectivity index (χ0n) is 15.3. The Kier molecular flexibility index (Phi) is 3.44. The molecule has 2 aromatic heterocycles. The second kappa shape index (κ2) is 5.85. The molecule has 2 aromatic carbocycles. The average Bonchev–Trinajstić information content (AvgIpc) is 2.96. The molecule has 1 aliphatic carbocycles. The van der Waals surface area contributed by atoms with Crippen LogP contribution >= 0.6 is 0 Å². The van der Waals surface area contributed by atoms with Gasteiger partial charge in [0.05, 0.1) is 17.1 Å². The quantitative estimate of drug-likeness (QED) is 0.479. The number of rotatable bonds is 2. The number of aromatic nitrogens is 3. The minimum absolute atomic E-state index is 0.195. The molecule has 0 unspecified atom stereocenters. The third-order valence-electron chi connectivity index (χ3n) is 5.31. The van der Waals surface area contributed by atoms with Gasteiger partial charge in [-0.1, -0.05) is 80.6 Å². The largest absolute Gasteiger partial charge is 0.247 e. The van der Waals surface area contributed by atoms with Crippen molar-refractivity contribution in [3.8, 4) is 33.9 Å². The molecule has 3 heteroatoms. The van der Waals surface area contributed by atoms with Gasteiger partial charge in [-0.15, -0.1) is 0 Å². The van der Waals surface area contributed by atoms with Gasteiger partial charge in [0.25, 0.3) is 0 Å². The lowest BCUT2D eigenvalue weighted by atomic mass is 9.86. The van der Waals surface area contributed by atoms with Gasteiger partial charge in [-0.3, -0.25) is 0 Å². The van der Waals surface area contributed by atoms with Crippen LogP contribution in [-0.4, -0.2) is 15.0 Å². The van der Waals surface area contributed by atoms with Gasteiger partial charge >= 0.3 is 0 Å². The second-order valence-electron chi connectivity index (χ2n) is 7.41. The SMILES string of the molecule is CC1(C)c2ccc(-c3ccccc3)nc2-c2cnc(-c3ccccc3)nc21. The summed E-state index contributed by atoms with van der Waals surface area (Å²) >= 11 is 0. The first kappa shape index (κ1) is 15.9. The normalized spacial score (nSPS) is 13.9. The van der Waals surface area contributed by atoms with Gasteiger partial charge in [0.1, 0.15) is 0 Å². The topological polar surface area (TPSA) is 38.7 Å². The van der Waals surface area contributed by atoms with Crippen molar-refractivity contribution in [2.24, 2.45) is 0 Å². The molecule has 27 heavy (non-hydrogen) atoms. The first-order valence-electron chi connectivity index (χ1n) is 9.15. The molecule has 0 aliphatic heterocycles. The molecule has 130 valence electrons. The summed E-state index contributed by atoms with van der Waals surface area (Å²) in [6.07, 6.45) is 1.93. The molecule has 3 nitrogen and oxygen atoms in total. The van der Waals surface area contributed by atoms with Crippen LogP contribution in [0.3, 0.4) is 0 Å². The lowest BCUT2D eigenvalue weighted by Gasteiger charge is -2.20. The van der Waals surface area contributed by atoms with Crippen LogP contribution in [0.1, 0.15) is 25.1 Å². The average molecular weight is 349 g/mol. The summed E-state index contributed by atoms with van der Waals surface area (Å²) in [6, 6.07) is 24.7. The Balaban J connectivity index is 1.67. The fourth-order valence-electron chi connectivity index (χ4n) is 3.82. The van der Waals surface area contributed by atoms with E-state index in [1.54, 1.807) is 0 Å². The summed E-state index contributed by atoms with van der Waals surface area (Å²) < 4.78 is 0. The van der Waals surface area contributed by atoms with E-state index in [9.17, 15) is 0 Å². The van der Waals surface area contributed by atoms with Gasteiger partial charge in [-0.2, -0.15) is 0 Å². The van der Waals surface area contributed by atoms with E-state index < -0.39 is 0 Å². The third kappa shape index (κ3) is 2.47. The van der Waals surface area contributed by atoms with Crippen LogP contribution in [0.15, 0.2) is 79.0 Å². The Bertz CT molecular complexity index is 1130. The summed E-state index contributed by atoms with van der Waals surface area (Å²) in [6.45, 7) is 4.42. The predicted octanol–water partition coefficient (Wildman–Crippen LogP) is 5.51. The highest BCUT2D eigenvalue weighted by molar-refractivity contribution is 5.78. The van der Waals surface area contributed by atoms with Crippen LogP contribution in [-0.2, 0) is 5.41 Å². The fraction of sp³-hybridized carbons (Fsp3) is 0.125. The van der Waals surface area contributed by atoms with Gasteiger partial charge in [0, 0.05) is 28.3 Å². The van der Waals surface area contributed by atoms with Crippen LogP contribution in [0.5, 0.6) is 0 Å². The predicted molar refractivity (Wildman–Crippen MR) is 108 cm³/mol. The van der Waals surface area contributed by atoms with Crippen molar-refractivity contribution in [3.63, 3.8) is 0 Å². The van der Waals surface area contributed by atoms with Crippen molar-refractivity contribution in [1.82, 2.24) is 15.0 Å². The zero-order valence-corrected chi connectivity index (χ0v) is 15.3. The molecule has 2 heterocycles. The highest BCUT2D eigenvalue weighted by Gasteiger charge is 2.38. The molecule has 4 aromatic rings. The van der Waals surface area contributed by atoms with Gasteiger partial charge in [0.2, 0.25) is 0 Å². The standard InChI is InChI=1S/C24H19N3/c1-24(2)19-13-14-20(16-9-5-3-6-10-16)26-21(19)18-15-25-23(27-22(18)24)17-11-7-4-8-12-17/h3-15H,1-2H3. The number of hydrogen-bond donors (Lipinski definition) is 0. The van der Waals surface area contributed by atoms with Crippen molar-refractivity contribution in [2.75, 3.05) is 0 Å². The molecule has 0 atom stereocenters. The highest BCUT2D eigenvalue weighted by Crippen LogP contribution is 2.47. The van der Waals surface area contributed by atoms with E-state index in [2.05, 4.69) is 43.1 Å². The van der Waals surface area contributed by atoms with E-state index in [0.717, 1.165) is 39.6 Å². The zero-order chi connectivity index (χ0) is 18.4. The van der Waals surface area contributed by atoms with Crippen molar-refractivity contribution in [3.05, 3.63) is 90.3 Å².